The molecule has 0 saturated carbocycles. The number of nitrogens with zero attached hydrogens (tertiary/aromatic N) is 3. The highest BCUT2D eigenvalue weighted by molar-refractivity contribution is 14.1. The second-order valence-corrected chi connectivity index (χ2v) is 9.75. The molecule has 170 valence electrons. The molecule has 0 spiro atoms. The van der Waals surface area contributed by atoms with Crippen LogP contribution in [0.4, 0.5) is 0 Å². The number of hydrogen-bond acceptors (Lipinski definition) is 5. The van der Waals surface area contributed by atoms with Gasteiger partial charge < -0.3 is 9.47 Å². The van der Waals surface area contributed by atoms with E-state index in [0.717, 1.165) is 26.4 Å². The smallest absolute Gasteiger partial charge is 0.282 e. The Labute approximate surface area is 210 Å². The highest BCUT2D eigenvalue weighted by atomic mass is 127. The first kappa shape index (κ1) is 24.7. The van der Waals surface area contributed by atoms with E-state index < -0.39 is 0 Å². The van der Waals surface area contributed by atoms with Crippen LogP contribution >= 0.6 is 38.5 Å². The van der Waals surface area contributed by atoms with Crippen LogP contribution in [-0.2, 0) is 0 Å². The van der Waals surface area contributed by atoms with Gasteiger partial charge in [-0.3, -0.25) is 4.79 Å². The Hall–Kier alpha value is -1.94. The van der Waals surface area contributed by atoms with Crippen molar-refractivity contribution in [2.75, 3.05) is 7.11 Å². The third-order valence-electron chi connectivity index (χ3n) is 5.35. The van der Waals surface area contributed by atoms with Crippen molar-refractivity contribution in [3.8, 4) is 11.5 Å². The number of halogens is 2. The fourth-order valence-corrected chi connectivity index (χ4v) is 4.23. The molecule has 1 aromatic heterocycles. The van der Waals surface area contributed by atoms with Crippen LogP contribution in [0, 0.1) is 3.57 Å². The van der Waals surface area contributed by atoms with Crippen LogP contribution in [-0.4, -0.2) is 29.1 Å². The molecule has 0 aliphatic rings. The van der Waals surface area contributed by atoms with Crippen molar-refractivity contribution in [1.82, 2.24) is 9.66 Å². The van der Waals surface area contributed by atoms with Crippen LogP contribution in [0.3, 0.4) is 0 Å². The molecule has 8 heteroatoms. The average molecular weight is 612 g/mol. The fourth-order valence-electron chi connectivity index (χ4n) is 3.12. The minimum absolute atomic E-state index is 0.0777. The summed E-state index contributed by atoms with van der Waals surface area (Å²) in [4.78, 5) is 18.0. The van der Waals surface area contributed by atoms with Crippen molar-refractivity contribution in [2.24, 2.45) is 5.10 Å². The van der Waals surface area contributed by atoms with Crippen molar-refractivity contribution in [3.63, 3.8) is 0 Å². The SMILES string of the molecule is CC[C@@H](C)c1nc2ccc(Br)cc2c(=O)n1N=Cc1cc(I)c(O[C@@H](C)CC)c(OC)c1. The number of ether oxygens (including phenoxy) is 2. The Morgan fingerprint density at radius 2 is 1.97 bits per heavy atom. The van der Waals surface area contributed by atoms with E-state index in [1.165, 1.54) is 4.68 Å². The normalized spacial score (nSPS) is 13.5. The number of methoxy groups -OCH3 is 1. The maximum absolute atomic E-state index is 13.3. The maximum atomic E-state index is 13.3. The van der Waals surface area contributed by atoms with Gasteiger partial charge in [-0.05, 0) is 78.3 Å². The van der Waals surface area contributed by atoms with Crippen LogP contribution in [0.15, 0.2) is 44.7 Å². The minimum atomic E-state index is -0.193. The predicted octanol–water partition coefficient (Wildman–Crippen LogP) is 6.35. The molecule has 2 atom stereocenters. The van der Waals surface area contributed by atoms with E-state index in [4.69, 9.17) is 14.5 Å². The second kappa shape index (κ2) is 10.8. The zero-order valence-corrected chi connectivity index (χ0v) is 22.6. The quantitative estimate of drug-likeness (QED) is 0.220. The van der Waals surface area contributed by atoms with Gasteiger partial charge in [-0.15, -0.1) is 0 Å². The molecule has 0 bridgehead atoms. The van der Waals surface area contributed by atoms with Crippen molar-refractivity contribution >= 4 is 55.6 Å². The summed E-state index contributed by atoms with van der Waals surface area (Å²) in [5.41, 5.74) is 1.28. The highest BCUT2D eigenvalue weighted by Gasteiger charge is 2.17. The van der Waals surface area contributed by atoms with E-state index in [2.05, 4.69) is 57.5 Å². The minimum Gasteiger partial charge on any atom is -0.493 e. The van der Waals surface area contributed by atoms with Gasteiger partial charge in [0.1, 0.15) is 5.82 Å². The zero-order chi connectivity index (χ0) is 23.4. The van der Waals surface area contributed by atoms with E-state index >= 15 is 0 Å². The topological polar surface area (TPSA) is 65.7 Å². The summed E-state index contributed by atoms with van der Waals surface area (Å²) in [5.74, 6) is 2.07. The first-order chi connectivity index (χ1) is 15.3. The lowest BCUT2D eigenvalue weighted by atomic mass is 10.1. The van der Waals surface area contributed by atoms with E-state index in [1.54, 1.807) is 19.4 Å². The Morgan fingerprint density at radius 3 is 2.62 bits per heavy atom. The van der Waals surface area contributed by atoms with E-state index in [9.17, 15) is 4.79 Å². The van der Waals surface area contributed by atoms with Crippen LogP contribution in [0.5, 0.6) is 11.5 Å². The van der Waals surface area contributed by atoms with Gasteiger partial charge in [0.05, 0.1) is 33.9 Å². The van der Waals surface area contributed by atoms with Crippen LogP contribution in [0.2, 0.25) is 0 Å². The number of aromatic nitrogens is 2. The van der Waals surface area contributed by atoms with Crippen LogP contribution < -0.4 is 15.0 Å². The number of benzene rings is 2. The molecule has 0 N–H and O–H groups in total. The Bertz CT molecular complexity index is 1210. The molecule has 6 nitrogen and oxygen atoms in total. The Morgan fingerprint density at radius 1 is 1.22 bits per heavy atom. The Kier molecular flexibility index (Phi) is 8.32. The molecule has 2 aromatic carbocycles. The van der Waals surface area contributed by atoms with Gasteiger partial charge in [-0.1, -0.05) is 36.7 Å². The van der Waals surface area contributed by atoms with Crippen molar-refractivity contribution in [1.29, 1.82) is 0 Å². The van der Waals surface area contributed by atoms with Crippen LogP contribution in [0.25, 0.3) is 10.9 Å². The number of fused-ring (bicyclic) bond motifs is 1. The predicted molar refractivity (Wildman–Crippen MR) is 141 cm³/mol. The van der Waals surface area contributed by atoms with E-state index in [-0.39, 0.29) is 17.6 Å². The molecular formula is C24H27BrIN3O3. The zero-order valence-electron chi connectivity index (χ0n) is 18.9. The lowest BCUT2D eigenvalue weighted by molar-refractivity contribution is 0.206. The van der Waals surface area contributed by atoms with Gasteiger partial charge in [0, 0.05) is 10.4 Å². The summed E-state index contributed by atoms with van der Waals surface area (Å²) < 4.78 is 14.7. The standard InChI is InChI=1S/C24H27BrIN3O3/c1-6-14(3)23-28-20-9-8-17(25)12-18(20)24(30)29(23)27-13-16-10-19(26)22(21(11-16)31-5)32-15(4)7-2/h8-15H,6-7H2,1-5H3/t14-,15+/m1/s1. The van der Waals surface area contributed by atoms with Crippen LogP contribution in [0.1, 0.15) is 57.8 Å². The summed E-state index contributed by atoms with van der Waals surface area (Å²) in [7, 11) is 1.62. The maximum Gasteiger partial charge on any atom is 0.282 e. The molecule has 0 saturated heterocycles. The first-order valence-electron chi connectivity index (χ1n) is 10.6. The number of rotatable bonds is 8. The summed E-state index contributed by atoms with van der Waals surface area (Å²) in [6, 6.07) is 9.35. The Balaban J connectivity index is 2.10. The van der Waals surface area contributed by atoms with Gasteiger partial charge in [-0.2, -0.15) is 9.78 Å². The largest absolute Gasteiger partial charge is 0.493 e. The van der Waals surface area contributed by atoms with Crippen molar-refractivity contribution < 1.29 is 9.47 Å². The lowest BCUT2D eigenvalue weighted by Gasteiger charge is -2.17. The molecule has 3 aromatic rings. The summed E-state index contributed by atoms with van der Waals surface area (Å²) >= 11 is 5.67. The molecule has 0 aliphatic heterocycles. The van der Waals surface area contributed by atoms with Gasteiger partial charge in [0.2, 0.25) is 0 Å². The van der Waals surface area contributed by atoms with Gasteiger partial charge in [-0.25, -0.2) is 4.98 Å². The summed E-state index contributed by atoms with van der Waals surface area (Å²) in [6.45, 7) is 8.22. The monoisotopic (exact) mass is 611 g/mol. The summed E-state index contributed by atoms with van der Waals surface area (Å²) in [6.07, 6.45) is 3.49. The van der Waals surface area contributed by atoms with Crippen molar-refractivity contribution in [3.05, 3.63) is 60.1 Å². The van der Waals surface area contributed by atoms with E-state index in [0.29, 0.717) is 28.2 Å². The van der Waals surface area contributed by atoms with Gasteiger partial charge in [0.25, 0.3) is 5.56 Å². The molecule has 32 heavy (non-hydrogen) atoms. The molecule has 0 amide bonds. The average Bonchev–Trinajstić information content (AvgIpc) is 2.79. The lowest BCUT2D eigenvalue weighted by Crippen LogP contribution is -2.23. The third-order valence-corrected chi connectivity index (χ3v) is 6.65. The molecule has 3 rings (SSSR count). The second-order valence-electron chi connectivity index (χ2n) is 7.67. The molecule has 0 unspecified atom stereocenters. The molecular weight excluding hydrogens is 585 g/mol. The van der Waals surface area contributed by atoms with Gasteiger partial charge in [0.15, 0.2) is 11.5 Å². The molecule has 0 fully saturated rings. The molecule has 1 heterocycles. The van der Waals surface area contributed by atoms with E-state index in [1.807, 2.05) is 38.1 Å². The van der Waals surface area contributed by atoms with Crippen molar-refractivity contribution in [2.45, 2.75) is 52.6 Å². The highest BCUT2D eigenvalue weighted by Crippen LogP contribution is 2.34. The molecule has 0 radical (unpaired) electrons. The summed E-state index contributed by atoms with van der Waals surface area (Å²) in [5, 5.41) is 5.07. The molecule has 0 aliphatic carbocycles. The fraction of sp³-hybridized carbons (Fsp3) is 0.375. The van der Waals surface area contributed by atoms with Gasteiger partial charge >= 0.3 is 0 Å². The number of hydrogen-bond donors (Lipinski definition) is 0. The first-order valence-corrected chi connectivity index (χ1v) is 12.5. The third kappa shape index (κ3) is 5.33.